The number of amides is 1. The van der Waals surface area contributed by atoms with Crippen molar-refractivity contribution in [1.29, 1.82) is 0 Å². The molecular formula is C22H22ClN5O3. The lowest BCUT2D eigenvalue weighted by molar-refractivity contribution is 0.0520. The summed E-state index contributed by atoms with van der Waals surface area (Å²) in [4.78, 5) is 42.5. The van der Waals surface area contributed by atoms with Crippen molar-refractivity contribution in [2.75, 3.05) is 37.7 Å². The molecule has 0 spiro atoms. The molecule has 0 N–H and O–H groups in total. The number of halogens is 1. The number of para-hydroxylation sites is 2. The van der Waals surface area contributed by atoms with E-state index in [1.807, 2.05) is 29.2 Å². The lowest BCUT2D eigenvalue weighted by atomic mass is 10.2. The quantitative estimate of drug-likeness (QED) is 0.455. The van der Waals surface area contributed by atoms with Crippen molar-refractivity contribution in [3.63, 3.8) is 0 Å². The normalized spacial score (nSPS) is 14.4. The van der Waals surface area contributed by atoms with E-state index in [2.05, 4.69) is 9.97 Å². The summed E-state index contributed by atoms with van der Waals surface area (Å²) in [7, 11) is 0. The molecule has 0 aliphatic carbocycles. The Morgan fingerprint density at radius 2 is 1.81 bits per heavy atom. The Bertz CT molecular complexity index is 1120. The van der Waals surface area contributed by atoms with E-state index < -0.39 is 5.97 Å². The van der Waals surface area contributed by atoms with E-state index in [1.165, 1.54) is 0 Å². The van der Waals surface area contributed by atoms with Crippen molar-refractivity contribution in [2.45, 2.75) is 13.3 Å². The summed E-state index contributed by atoms with van der Waals surface area (Å²) in [5, 5.41) is 0.193. The molecule has 3 aromatic rings. The van der Waals surface area contributed by atoms with Gasteiger partial charge in [-0.1, -0.05) is 23.7 Å². The maximum absolute atomic E-state index is 12.9. The average molecular weight is 440 g/mol. The Balaban J connectivity index is 1.61. The smallest absolute Gasteiger partial charge is 0.360 e. The maximum atomic E-state index is 12.9. The average Bonchev–Trinajstić information content (AvgIpc) is 3.04. The van der Waals surface area contributed by atoms with Gasteiger partial charge >= 0.3 is 5.97 Å². The molecule has 1 saturated heterocycles. The molecule has 1 aliphatic rings. The first-order valence-electron chi connectivity index (χ1n) is 10.2. The summed E-state index contributed by atoms with van der Waals surface area (Å²) in [6.45, 7) is 4.16. The third-order valence-corrected chi connectivity index (χ3v) is 5.39. The third-order valence-electron chi connectivity index (χ3n) is 5.09. The van der Waals surface area contributed by atoms with Crippen LogP contribution in [-0.4, -0.2) is 64.5 Å². The number of aromatic nitrogens is 3. The van der Waals surface area contributed by atoms with Crippen LogP contribution in [0.5, 0.6) is 0 Å². The Morgan fingerprint density at radius 3 is 2.55 bits per heavy atom. The first-order valence-corrected chi connectivity index (χ1v) is 10.5. The molecule has 0 bridgehead atoms. The fourth-order valence-electron chi connectivity index (χ4n) is 3.60. The molecule has 0 atom stereocenters. The second-order valence-corrected chi connectivity index (χ2v) is 7.44. The monoisotopic (exact) mass is 439 g/mol. The molecule has 9 heteroatoms. The second-order valence-electron chi connectivity index (χ2n) is 7.08. The Morgan fingerprint density at radius 1 is 1.03 bits per heavy atom. The van der Waals surface area contributed by atoms with Gasteiger partial charge < -0.3 is 14.5 Å². The van der Waals surface area contributed by atoms with Gasteiger partial charge in [0.1, 0.15) is 5.15 Å². The van der Waals surface area contributed by atoms with Crippen LogP contribution in [0.2, 0.25) is 5.15 Å². The number of fused-ring (bicyclic) bond motifs is 1. The van der Waals surface area contributed by atoms with Crippen LogP contribution < -0.4 is 4.90 Å². The molecule has 1 aromatic carbocycles. The van der Waals surface area contributed by atoms with E-state index in [0.717, 1.165) is 0 Å². The Hall–Kier alpha value is -3.26. The van der Waals surface area contributed by atoms with Crippen LogP contribution in [0.15, 0.2) is 42.6 Å². The number of pyridine rings is 1. The summed E-state index contributed by atoms with van der Waals surface area (Å²) in [5.41, 5.74) is 1.91. The van der Waals surface area contributed by atoms with E-state index in [4.69, 9.17) is 21.3 Å². The number of hydrogen-bond acceptors (Lipinski definition) is 7. The Kier molecular flexibility index (Phi) is 6.27. The zero-order chi connectivity index (χ0) is 21.8. The van der Waals surface area contributed by atoms with Gasteiger partial charge in [0.2, 0.25) is 0 Å². The van der Waals surface area contributed by atoms with Gasteiger partial charge in [-0.25, -0.2) is 19.7 Å². The summed E-state index contributed by atoms with van der Waals surface area (Å²) < 4.78 is 5.22. The van der Waals surface area contributed by atoms with E-state index in [0.29, 0.717) is 55.0 Å². The van der Waals surface area contributed by atoms with Crippen molar-refractivity contribution >= 4 is 40.3 Å². The number of anilines is 1. The minimum absolute atomic E-state index is 0.157. The van der Waals surface area contributed by atoms with Crippen LogP contribution in [0.1, 0.15) is 34.2 Å². The first-order chi connectivity index (χ1) is 15.1. The highest BCUT2D eigenvalue weighted by Gasteiger charge is 2.27. The van der Waals surface area contributed by atoms with Gasteiger partial charge in [0.25, 0.3) is 5.91 Å². The molecule has 31 heavy (non-hydrogen) atoms. The van der Waals surface area contributed by atoms with Crippen molar-refractivity contribution in [3.05, 3.63) is 59.0 Å². The van der Waals surface area contributed by atoms with E-state index in [1.54, 1.807) is 30.2 Å². The lowest BCUT2D eigenvalue weighted by Gasteiger charge is -2.24. The minimum Gasteiger partial charge on any atom is -0.461 e. The number of ether oxygens (including phenoxy) is 1. The zero-order valence-corrected chi connectivity index (χ0v) is 17.9. The first kappa shape index (κ1) is 21.0. The molecule has 4 rings (SSSR count). The van der Waals surface area contributed by atoms with Crippen LogP contribution in [0.4, 0.5) is 5.82 Å². The second kappa shape index (κ2) is 9.26. The van der Waals surface area contributed by atoms with Gasteiger partial charge in [0.05, 0.1) is 23.2 Å². The zero-order valence-electron chi connectivity index (χ0n) is 17.1. The highest BCUT2D eigenvalue weighted by molar-refractivity contribution is 6.32. The lowest BCUT2D eigenvalue weighted by Crippen LogP contribution is -2.36. The van der Waals surface area contributed by atoms with E-state index in [-0.39, 0.29) is 23.4 Å². The molecule has 160 valence electrons. The fourth-order valence-corrected chi connectivity index (χ4v) is 3.80. The van der Waals surface area contributed by atoms with Crippen molar-refractivity contribution in [1.82, 2.24) is 19.9 Å². The standard InChI is InChI=1S/C22H22ClN5O3/c1-2-31-22(30)18-20(26-17-9-4-3-8-16(17)25-18)27-11-6-12-28(14-13-27)21(29)15-7-5-10-24-19(15)23/h3-5,7-10H,2,6,11-14H2,1H3. The number of nitrogens with zero attached hydrogens (tertiary/aromatic N) is 5. The van der Waals surface area contributed by atoms with Gasteiger partial charge in [0.15, 0.2) is 11.5 Å². The number of carbonyl (C=O) groups excluding carboxylic acids is 2. The molecule has 1 amide bonds. The summed E-state index contributed by atoms with van der Waals surface area (Å²) >= 11 is 6.11. The van der Waals surface area contributed by atoms with Crippen molar-refractivity contribution in [2.24, 2.45) is 0 Å². The summed E-state index contributed by atoms with van der Waals surface area (Å²) in [6.07, 6.45) is 2.26. The number of rotatable bonds is 4. The third kappa shape index (κ3) is 4.44. The van der Waals surface area contributed by atoms with Crippen LogP contribution in [0.3, 0.4) is 0 Å². The van der Waals surface area contributed by atoms with E-state index in [9.17, 15) is 9.59 Å². The van der Waals surface area contributed by atoms with Crippen molar-refractivity contribution < 1.29 is 14.3 Å². The molecule has 0 radical (unpaired) electrons. The number of carbonyl (C=O) groups is 2. The highest BCUT2D eigenvalue weighted by Crippen LogP contribution is 2.24. The van der Waals surface area contributed by atoms with Crippen LogP contribution in [0.25, 0.3) is 11.0 Å². The maximum Gasteiger partial charge on any atom is 0.360 e. The topological polar surface area (TPSA) is 88.5 Å². The molecule has 2 aromatic heterocycles. The Labute approximate surface area is 184 Å². The summed E-state index contributed by atoms with van der Waals surface area (Å²) in [6, 6.07) is 10.8. The van der Waals surface area contributed by atoms with E-state index >= 15 is 0 Å². The molecule has 0 unspecified atom stereocenters. The predicted octanol–water partition coefficient (Wildman–Crippen LogP) is 3.21. The largest absolute Gasteiger partial charge is 0.461 e. The van der Waals surface area contributed by atoms with Gasteiger partial charge in [-0.3, -0.25) is 4.79 Å². The van der Waals surface area contributed by atoms with Crippen LogP contribution in [-0.2, 0) is 4.74 Å². The SMILES string of the molecule is CCOC(=O)c1nc2ccccc2nc1N1CCCN(C(=O)c2cccnc2Cl)CC1. The molecule has 0 saturated carbocycles. The molecule has 1 aliphatic heterocycles. The highest BCUT2D eigenvalue weighted by atomic mass is 35.5. The minimum atomic E-state index is -0.505. The number of esters is 1. The van der Waals surface area contributed by atoms with Gasteiger partial charge in [-0.2, -0.15) is 0 Å². The van der Waals surface area contributed by atoms with Gasteiger partial charge in [-0.15, -0.1) is 0 Å². The molecule has 3 heterocycles. The van der Waals surface area contributed by atoms with Crippen molar-refractivity contribution in [3.8, 4) is 0 Å². The van der Waals surface area contributed by atoms with Gasteiger partial charge in [-0.05, 0) is 37.6 Å². The molecular weight excluding hydrogens is 418 g/mol. The predicted molar refractivity (Wildman–Crippen MR) is 117 cm³/mol. The van der Waals surface area contributed by atoms with Crippen LogP contribution in [0, 0.1) is 0 Å². The molecule has 8 nitrogen and oxygen atoms in total. The molecule has 1 fully saturated rings. The van der Waals surface area contributed by atoms with Crippen LogP contribution >= 0.6 is 11.6 Å². The number of hydrogen-bond donors (Lipinski definition) is 0. The van der Waals surface area contributed by atoms with Gasteiger partial charge in [0, 0.05) is 32.4 Å². The fraction of sp³-hybridized carbons (Fsp3) is 0.318. The number of benzene rings is 1. The summed E-state index contributed by atoms with van der Waals surface area (Å²) in [5.74, 6) is -0.184.